The molecule has 134 valence electrons. The lowest BCUT2D eigenvalue weighted by Gasteiger charge is -2.18. The Morgan fingerprint density at radius 1 is 1.19 bits per heavy atom. The zero-order chi connectivity index (χ0) is 17.9. The van der Waals surface area contributed by atoms with Gasteiger partial charge >= 0.3 is 0 Å². The van der Waals surface area contributed by atoms with E-state index < -0.39 is 0 Å². The number of carbonyl (C=O) groups excluding carboxylic acids is 1. The molecule has 7 heteroatoms. The zero-order valence-electron chi connectivity index (χ0n) is 14.4. The van der Waals surface area contributed by atoms with Crippen molar-refractivity contribution in [3.05, 3.63) is 53.1 Å². The molecular formula is C19H19N3O3S. The number of carbonyl (C=O) groups is 1. The molecule has 0 unspecified atom stereocenters. The quantitative estimate of drug-likeness (QED) is 0.744. The number of aromatic nitrogens is 2. The average Bonchev–Trinajstić information content (AvgIpc) is 3.33. The van der Waals surface area contributed by atoms with Gasteiger partial charge in [0.1, 0.15) is 6.26 Å². The van der Waals surface area contributed by atoms with Gasteiger partial charge in [0.25, 0.3) is 5.91 Å². The average molecular weight is 369 g/mol. The van der Waals surface area contributed by atoms with Gasteiger partial charge in [-0.2, -0.15) is 0 Å². The molecule has 1 fully saturated rings. The summed E-state index contributed by atoms with van der Waals surface area (Å²) in [5.41, 5.74) is 3.34. The number of oxazole rings is 1. The zero-order valence-corrected chi connectivity index (χ0v) is 15.2. The van der Waals surface area contributed by atoms with Crippen LogP contribution in [0.15, 0.2) is 40.3 Å². The summed E-state index contributed by atoms with van der Waals surface area (Å²) in [6, 6.07) is 8.13. The predicted octanol–water partition coefficient (Wildman–Crippen LogP) is 4.25. The summed E-state index contributed by atoms with van der Waals surface area (Å²) >= 11 is 1.39. The minimum absolute atomic E-state index is 0.221. The lowest BCUT2D eigenvalue weighted by atomic mass is 10.0. The number of rotatable bonds is 4. The molecule has 1 aliphatic rings. The summed E-state index contributed by atoms with van der Waals surface area (Å²) in [6.45, 7) is 3.45. The second kappa shape index (κ2) is 7.39. The van der Waals surface area contributed by atoms with Gasteiger partial charge in [-0.05, 0) is 19.8 Å². The third kappa shape index (κ3) is 3.68. The van der Waals surface area contributed by atoms with Crippen molar-refractivity contribution in [2.75, 3.05) is 18.5 Å². The van der Waals surface area contributed by atoms with E-state index >= 15 is 0 Å². The minimum atomic E-state index is -0.308. The Kier molecular flexibility index (Phi) is 4.81. The highest BCUT2D eigenvalue weighted by atomic mass is 32.1. The first-order valence-corrected chi connectivity index (χ1v) is 9.44. The van der Waals surface area contributed by atoms with Crippen LogP contribution in [-0.2, 0) is 4.74 Å². The van der Waals surface area contributed by atoms with Crippen molar-refractivity contribution in [3.63, 3.8) is 0 Å². The van der Waals surface area contributed by atoms with Gasteiger partial charge in [-0.25, -0.2) is 9.97 Å². The fraction of sp³-hybridized carbons (Fsp3) is 0.316. The lowest BCUT2D eigenvalue weighted by Crippen LogP contribution is -2.15. The fourth-order valence-corrected chi connectivity index (χ4v) is 3.59. The van der Waals surface area contributed by atoms with Crippen LogP contribution in [0.25, 0.3) is 11.3 Å². The first-order valence-electron chi connectivity index (χ1n) is 8.56. The van der Waals surface area contributed by atoms with Crippen molar-refractivity contribution < 1.29 is 13.9 Å². The maximum absolute atomic E-state index is 12.4. The van der Waals surface area contributed by atoms with Gasteiger partial charge in [0.15, 0.2) is 16.7 Å². The van der Waals surface area contributed by atoms with Crippen LogP contribution in [-0.4, -0.2) is 29.1 Å². The van der Waals surface area contributed by atoms with E-state index in [1.165, 1.54) is 23.2 Å². The molecule has 1 saturated heterocycles. The van der Waals surface area contributed by atoms with Gasteiger partial charge in [-0.3, -0.25) is 10.1 Å². The Balaban J connectivity index is 1.43. The molecule has 0 saturated carbocycles. The highest BCUT2D eigenvalue weighted by Gasteiger charge is 2.23. The summed E-state index contributed by atoms with van der Waals surface area (Å²) in [6.07, 6.45) is 3.15. The lowest BCUT2D eigenvalue weighted by molar-refractivity contribution is 0.0794. The number of thiazole rings is 1. The first-order chi connectivity index (χ1) is 12.7. The smallest absolute Gasteiger partial charge is 0.279 e. The summed E-state index contributed by atoms with van der Waals surface area (Å²) < 4.78 is 10.8. The number of hydrogen-bond donors (Lipinski definition) is 1. The van der Waals surface area contributed by atoms with Gasteiger partial charge in [0.2, 0.25) is 0 Å². The van der Waals surface area contributed by atoms with Crippen molar-refractivity contribution >= 4 is 22.4 Å². The van der Waals surface area contributed by atoms with Crippen molar-refractivity contribution in [1.29, 1.82) is 0 Å². The number of nitrogens with zero attached hydrogens (tertiary/aromatic N) is 2. The summed E-state index contributed by atoms with van der Waals surface area (Å²) in [7, 11) is 0. The van der Waals surface area contributed by atoms with Crippen molar-refractivity contribution in [1.82, 2.24) is 9.97 Å². The molecule has 3 aromatic rings. The van der Waals surface area contributed by atoms with Crippen molar-refractivity contribution in [3.8, 4) is 11.3 Å². The topological polar surface area (TPSA) is 77.2 Å². The number of benzene rings is 1. The highest BCUT2D eigenvalue weighted by molar-refractivity contribution is 7.14. The van der Waals surface area contributed by atoms with Crippen LogP contribution < -0.4 is 5.32 Å². The molecule has 1 aromatic carbocycles. The summed E-state index contributed by atoms with van der Waals surface area (Å²) in [5, 5.41) is 5.27. The number of hydrogen-bond acceptors (Lipinski definition) is 6. The highest BCUT2D eigenvalue weighted by Crippen LogP contribution is 2.27. The number of amides is 1. The van der Waals surface area contributed by atoms with Crippen molar-refractivity contribution in [2.45, 2.75) is 25.7 Å². The molecule has 2 aromatic heterocycles. The molecule has 0 bridgehead atoms. The largest absolute Gasteiger partial charge is 0.448 e. The van der Waals surface area contributed by atoms with Gasteiger partial charge in [-0.15, -0.1) is 11.3 Å². The third-order valence-corrected chi connectivity index (χ3v) is 5.15. The van der Waals surface area contributed by atoms with E-state index in [1.54, 1.807) is 0 Å². The van der Waals surface area contributed by atoms with Crippen molar-refractivity contribution in [2.24, 2.45) is 0 Å². The SMILES string of the molecule is Cc1ccc(-c2csc(NC(=O)c3coc(C4CCOCC4)n3)n2)cc1. The predicted molar refractivity (Wildman–Crippen MR) is 99.5 cm³/mol. The fourth-order valence-electron chi connectivity index (χ4n) is 2.87. The number of aryl methyl sites for hydroxylation is 1. The number of anilines is 1. The standard InChI is InChI=1S/C19H19N3O3S/c1-12-2-4-13(5-3-12)16-11-26-19(21-16)22-17(23)15-10-25-18(20-15)14-6-8-24-9-7-14/h2-5,10-11,14H,6-9H2,1H3,(H,21,22,23). The monoisotopic (exact) mass is 369 g/mol. The van der Waals surface area contributed by atoms with Crippen LogP contribution in [0, 0.1) is 6.92 Å². The maximum Gasteiger partial charge on any atom is 0.279 e. The second-order valence-electron chi connectivity index (χ2n) is 6.32. The van der Waals surface area contributed by atoms with Crippen LogP contribution in [0.1, 0.15) is 40.7 Å². The van der Waals surface area contributed by atoms with Gasteiger partial charge < -0.3 is 9.15 Å². The molecule has 3 heterocycles. The van der Waals surface area contributed by atoms with E-state index in [4.69, 9.17) is 9.15 Å². The van der Waals surface area contributed by atoms with E-state index in [-0.39, 0.29) is 17.5 Å². The molecule has 6 nitrogen and oxygen atoms in total. The molecule has 0 atom stereocenters. The Morgan fingerprint density at radius 2 is 1.96 bits per heavy atom. The van der Waals surface area contributed by atoms with Crippen LogP contribution in [0.5, 0.6) is 0 Å². The molecular weight excluding hydrogens is 350 g/mol. The summed E-state index contributed by atoms with van der Waals surface area (Å²) in [5.74, 6) is 0.521. The molecule has 0 aliphatic carbocycles. The van der Waals surface area contributed by atoms with Gasteiger partial charge in [0.05, 0.1) is 5.69 Å². The van der Waals surface area contributed by atoms with Crippen LogP contribution >= 0.6 is 11.3 Å². The van der Waals surface area contributed by atoms with Gasteiger partial charge in [-0.1, -0.05) is 29.8 Å². The number of nitrogens with one attached hydrogen (secondary N) is 1. The second-order valence-corrected chi connectivity index (χ2v) is 7.17. The Hall–Kier alpha value is -2.51. The molecule has 1 aliphatic heterocycles. The molecule has 1 amide bonds. The molecule has 0 spiro atoms. The number of ether oxygens (including phenoxy) is 1. The molecule has 4 rings (SSSR count). The minimum Gasteiger partial charge on any atom is -0.448 e. The van der Waals surface area contributed by atoms with E-state index in [1.807, 2.05) is 36.6 Å². The maximum atomic E-state index is 12.4. The van der Waals surface area contributed by atoms with E-state index in [0.717, 1.165) is 24.1 Å². The third-order valence-electron chi connectivity index (χ3n) is 4.40. The van der Waals surface area contributed by atoms with Crippen LogP contribution in [0.2, 0.25) is 0 Å². The van der Waals surface area contributed by atoms with E-state index in [2.05, 4.69) is 15.3 Å². The first kappa shape index (κ1) is 16.9. The molecule has 0 radical (unpaired) electrons. The normalized spacial score (nSPS) is 15.1. The van der Waals surface area contributed by atoms with Gasteiger partial charge in [0, 0.05) is 30.1 Å². The molecule has 1 N–H and O–H groups in total. The Labute approximate surface area is 155 Å². The van der Waals surface area contributed by atoms with Crippen LogP contribution in [0.4, 0.5) is 5.13 Å². The van der Waals surface area contributed by atoms with Crippen LogP contribution in [0.3, 0.4) is 0 Å². The Bertz CT molecular complexity index is 895. The Morgan fingerprint density at radius 3 is 2.73 bits per heavy atom. The van der Waals surface area contributed by atoms with E-state index in [9.17, 15) is 4.79 Å². The molecule has 26 heavy (non-hydrogen) atoms. The summed E-state index contributed by atoms with van der Waals surface area (Å²) in [4.78, 5) is 21.2. The van der Waals surface area contributed by atoms with E-state index in [0.29, 0.717) is 24.2 Å².